The fourth-order valence-corrected chi connectivity index (χ4v) is 1.35. The molecule has 0 aromatic carbocycles. The van der Waals surface area contributed by atoms with Crippen molar-refractivity contribution in [1.82, 2.24) is 15.5 Å². The van der Waals surface area contributed by atoms with Gasteiger partial charge in [-0.1, -0.05) is 0 Å². The van der Waals surface area contributed by atoms with E-state index in [0.29, 0.717) is 0 Å². The van der Waals surface area contributed by atoms with Crippen LogP contribution in [-0.4, -0.2) is 55.2 Å². The molecule has 0 radical (unpaired) electrons. The van der Waals surface area contributed by atoms with Gasteiger partial charge < -0.3 is 10.4 Å². The van der Waals surface area contributed by atoms with E-state index in [1.54, 1.807) is 0 Å². The van der Waals surface area contributed by atoms with Gasteiger partial charge in [0, 0.05) is 32.7 Å². The smallest absolute Gasteiger partial charge is 0.321 e. The SMILES string of the molecule is CNC(=O)NC(=O)CN1CC(CO)C1. The number of nitrogens with one attached hydrogen (secondary N) is 2. The quantitative estimate of drug-likeness (QED) is 0.512. The van der Waals surface area contributed by atoms with Crippen LogP contribution in [0.3, 0.4) is 0 Å². The van der Waals surface area contributed by atoms with Gasteiger partial charge in [0.15, 0.2) is 0 Å². The molecular formula is C8H15N3O3. The first-order valence-corrected chi connectivity index (χ1v) is 4.50. The van der Waals surface area contributed by atoms with E-state index in [4.69, 9.17) is 5.11 Å². The summed E-state index contributed by atoms with van der Waals surface area (Å²) in [5.41, 5.74) is 0. The first kappa shape index (κ1) is 10.9. The molecule has 3 amide bonds. The van der Waals surface area contributed by atoms with Gasteiger partial charge in [0.2, 0.25) is 5.91 Å². The number of aliphatic hydroxyl groups excluding tert-OH is 1. The summed E-state index contributed by atoms with van der Waals surface area (Å²) in [6.07, 6.45) is 0. The lowest BCUT2D eigenvalue weighted by atomic mass is 10.0. The topological polar surface area (TPSA) is 81.7 Å². The second kappa shape index (κ2) is 4.92. The molecule has 1 heterocycles. The molecule has 0 atom stereocenters. The number of hydrogen-bond donors (Lipinski definition) is 3. The Morgan fingerprint density at radius 3 is 2.64 bits per heavy atom. The van der Waals surface area contributed by atoms with Crippen LogP contribution in [0.4, 0.5) is 4.79 Å². The number of nitrogens with zero attached hydrogens (tertiary/aromatic N) is 1. The maximum atomic E-state index is 11.1. The summed E-state index contributed by atoms with van der Waals surface area (Å²) in [6, 6.07) is -0.491. The Bertz CT molecular complexity index is 226. The van der Waals surface area contributed by atoms with E-state index in [1.807, 2.05) is 4.90 Å². The van der Waals surface area contributed by atoms with E-state index in [9.17, 15) is 9.59 Å². The van der Waals surface area contributed by atoms with Crippen molar-refractivity contribution in [1.29, 1.82) is 0 Å². The molecule has 1 rings (SSSR count). The molecule has 0 bridgehead atoms. The van der Waals surface area contributed by atoms with E-state index in [-0.39, 0.29) is 25.0 Å². The predicted molar refractivity (Wildman–Crippen MR) is 49.6 cm³/mol. The number of amides is 3. The molecule has 0 spiro atoms. The van der Waals surface area contributed by atoms with Crippen molar-refractivity contribution in [2.75, 3.05) is 33.3 Å². The number of imide groups is 1. The molecule has 6 nitrogen and oxygen atoms in total. The molecule has 0 aromatic rings. The van der Waals surface area contributed by atoms with E-state index < -0.39 is 6.03 Å². The Labute approximate surface area is 82.3 Å². The standard InChI is InChI=1S/C8H15N3O3/c1-9-8(14)10-7(13)4-11-2-6(3-11)5-12/h6,12H,2-5H2,1H3,(H2,9,10,13,14). The summed E-state index contributed by atoms with van der Waals surface area (Å²) >= 11 is 0. The first-order valence-electron chi connectivity index (χ1n) is 4.50. The highest BCUT2D eigenvalue weighted by molar-refractivity contribution is 5.95. The van der Waals surface area contributed by atoms with Gasteiger partial charge in [-0.25, -0.2) is 4.79 Å². The number of likely N-dealkylation sites (tertiary alicyclic amines) is 1. The van der Waals surface area contributed by atoms with Crippen molar-refractivity contribution in [3.63, 3.8) is 0 Å². The Morgan fingerprint density at radius 2 is 2.14 bits per heavy atom. The van der Waals surface area contributed by atoms with Crippen LogP contribution in [0.2, 0.25) is 0 Å². The third kappa shape index (κ3) is 2.97. The first-order chi connectivity index (χ1) is 6.65. The zero-order valence-electron chi connectivity index (χ0n) is 8.12. The van der Waals surface area contributed by atoms with E-state index in [1.165, 1.54) is 7.05 Å². The van der Waals surface area contributed by atoms with E-state index in [2.05, 4.69) is 10.6 Å². The Kier molecular flexibility index (Phi) is 3.84. The van der Waals surface area contributed by atoms with Crippen LogP contribution < -0.4 is 10.6 Å². The maximum Gasteiger partial charge on any atom is 0.321 e. The van der Waals surface area contributed by atoms with Crippen molar-refractivity contribution in [3.8, 4) is 0 Å². The fourth-order valence-electron chi connectivity index (χ4n) is 1.35. The Morgan fingerprint density at radius 1 is 1.50 bits per heavy atom. The molecule has 1 saturated heterocycles. The molecular weight excluding hydrogens is 186 g/mol. The summed E-state index contributed by atoms with van der Waals surface area (Å²) in [5, 5.41) is 13.2. The van der Waals surface area contributed by atoms with Gasteiger partial charge >= 0.3 is 6.03 Å². The van der Waals surface area contributed by atoms with E-state index >= 15 is 0 Å². The summed E-state index contributed by atoms with van der Waals surface area (Å²) < 4.78 is 0. The third-order valence-corrected chi connectivity index (χ3v) is 2.14. The van der Waals surface area contributed by atoms with Crippen LogP contribution in [0.15, 0.2) is 0 Å². The normalized spacial score (nSPS) is 17.3. The maximum absolute atomic E-state index is 11.1. The average molecular weight is 201 g/mol. The third-order valence-electron chi connectivity index (χ3n) is 2.14. The molecule has 3 N–H and O–H groups in total. The Balaban J connectivity index is 2.13. The second-order valence-corrected chi connectivity index (χ2v) is 3.37. The summed E-state index contributed by atoms with van der Waals surface area (Å²) in [4.78, 5) is 23.7. The number of rotatable bonds is 3. The summed E-state index contributed by atoms with van der Waals surface area (Å²) in [7, 11) is 1.45. The number of hydrogen-bond acceptors (Lipinski definition) is 4. The minimum atomic E-state index is -0.491. The Hall–Kier alpha value is -1.14. The summed E-state index contributed by atoms with van der Waals surface area (Å²) in [5.74, 6) is -0.0384. The van der Waals surface area contributed by atoms with Crippen molar-refractivity contribution >= 4 is 11.9 Å². The molecule has 0 saturated carbocycles. The lowest BCUT2D eigenvalue weighted by Crippen LogP contribution is -2.53. The minimum absolute atomic E-state index is 0.160. The van der Waals surface area contributed by atoms with Gasteiger partial charge in [-0.15, -0.1) is 0 Å². The molecule has 0 unspecified atom stereocenters. The average Bonchev–Trinajstić information content (AvgIpc) is 2.10. The zero-order chi connectivity index (χ0) is 10.6. The van der Waals surface area contributed by atoms with Crippen LogP contribution in [0, 0.1) is 5.92 Å². The lowest BCUT2D eigenvalue weighted by Gasteiger charge is -2.37. The molecule has 1 aliphatic rings. The van der Waals surface area contributed by atoms with Gasteiger partial charge in [0.25, 0.3) is 0 Å². The van der Waals surface area contributed by atoms with Gasteiger partial charge in [0.1, 0.15) is 0 Å². The largest absolute Gasteiger partial charge is 0.396 e. The van der Waals surface area contributed by atoms with Gasteiger partial charge in [-0.2, -0.15) is 0 Å². The van der Waals surface area contributed by atoms with Crippen LogP contribution in [0.25, 0.3) is 0 Å². The molecule has 1 aliphatic heterocycles. The molecule has 0 aliphatic carbocycles. The number of carbonyl (C=O) groups is 2. The highest BCUT2D eigenvalue weighted by Crippen LogP contribution is 2.13. The highest BCUT2D eigenvalue weighted by atomic mass is 16.3. The molecule has 80 valence electrons. The lowest BCUT2D eigenvalue weighted by molar-refractivity contribution is -0.123. The summed E-state index contributed by atoms with van der Waals surface area (Å²) in [6.45, 7) is 1.81. The molecule has 0 aromatic heterocycles. The van der Waals surface area contributed by atoms with Crippen LogP contribution >= 0.6 is 0 Å². The van der Waals surface area contributed by atoms with Gasteiger partial charge in [0.05, 0.1) is 6.54 Å². The van der Waals surface area contributed by atoms with E-state index in [0.717, 1.165) is 13.1 Å². The molecule has 6 heteroatoms. The monoisotopic (exact) mass is 201 g/mol. The zero-order valence-corrected chi connectivity index (χ0v) is 8.12. The number of aliphatic hydroxyl groups is 1. The fraction of sp³-hybridized carbons (Fsp3) is 0.750. The molecule has 14 heavy (non-hydrogen) atoms. The second-order valence-electron chi connectivity index (χ2n) is 3.37. The van der Waals surface area contributed by atoms with Gasteiger partial charge in [-0.3, -0.25) is 15.0 Å². The number of urea groups is 1. The van der Waals surface area contributed by atoms with Crippen molar-refractivity contribution in [3.05, 3.63) is 0 Å². The van der Waals surface area contributed by atoms with Crippen LogP contribution in [0.5, 0.6) is 0 Å². The molecule has 1 fully saturated rings. The van der Waals surface area contributed by atoms with Crippen molar-refractivity contribution < 1.29 is 14.7 Å². The van der Waals surface area contributed by atoms with Crippen LogP contribution in [0.1, 0.15) is 0 Å². The van der Waals surface area contributed by atoms with Crippen molar-refractivity contribution in [2.45, 2.75) is 0 Å². The minimum Gasteiger partial charge on any atom is -0.396 e. The van der Waals surface area contributed by atoms with Crippen LogP contribution in [-0.2, 0) is 4.79 Å². The van der Waals surface area contributed by atoms with Gasteiger partial charge in [-0.05, 0) is 0 Å². The number of carbonyl (C=O) groups excluding carboxylic acids is 2. The van der Waals surface area contributed by atoms with Crippen molar-refractivity contribution in [2.24, 2.45) is 5.92 Å². The highest BCUT2D eigenvalue weighted by Gasteiger charge is 2.27. The predicted octanol–water partition coefficient (Wildman–Crippen LogP) is -1.63.